The van der Waals surface area contributed by atoms with Gasteiger partial charge in [-0.05, 0) is 43.9 Å². The molecule has 0 aromatic heterocycles. The van der Waals surface area contributed by atoms with Gasteiger partial charge in [-0.2, -0.15) is 0 Å². The molecule has 193 valence electrons. The van der Waals surface area contributed by atoms with Crippen molar-refractivity contribution in [2.75, 3.05) is 25.0 Å². The number of amides is 4. The maximum atomic E-state index is 11.5. The predicted molar refractivity (Wildman–Crippen MR) is 135 cm³/mol. The first-order chi connectivity index (χ1) is 15.7. The zero-order valence-electron chi connectivity index (χ0n) is 21.7. The van der Waals surface area contributed by atoms with Gasteiger partial charge in [0, 0.05) is 51.0 Å². The molecule has 0 saturated heterocycles. The number of carbonyl (C=O) groups excluding carboxylic acids is 3. The van der Waals surface area contributed by atoms with Crippen LogP contribution < -0.4 is 21.7 Å². The number of nitrogens with one attached hydrogen (secondary N) is 3. The zero-order valence-corrected chi connectivity index (χ0v) is 24.6. The second-order valence-electron chi connectivity index (χ2n) is 7.90. The molecule has 1 unspecified atom stereocenters. The van der Waals surface area contributed by atoms with E-state index >= 15 is 0 Å². The van der Waals surface area contributed by atoms with E-state index in [2.05, 4.69) is 42.2 Å². The quantitative estimate of drug-likeness (QED) is 0.165. The Bertz CT molecular complexity index is 630. The molecular weight excluding hydrogens is 511 g/mol. The van der Waals surface area contributed by atoms with Gasteiger partial charge in [0.05, 0.1) is 0 Å². The molecule has 0 heterocycles. The Hall–Kier alpha value is -1.55. The molecule has 0 fully saturated rings. The van der Waals surface area contributed by atoms with Gasteiger partial charge in [0.2, 0.25) is 12.3 Å². The Kier molecular flexibility index (Phi) is 28.4. The number of benzene rings is 1. The van der Waals surface area contributed by atoms with Crippen LogP contribution >= 0.6 is 0 Å². The smallest absolute Gasteiger partial charge is 0.312 e. The van der Waals surface area contributed by atoms with Gasteiger partial charge in [0.15, 0.2) is 0 Å². The van der Waals surface area contributed by atoms with Crippen LogP contribution in [0.5, 0.6) is 0 Å². The molecule has 10 heteroatoms. The number of hydrogen-bond donors (Lipinski definition) is 4. The maximum absolute atomic E-state index is 11.5. The minimum atomic E-state index is -0.531. The van der Waals surface area contributed by atoms with Gasteiger partial charge >= 0.3 is 6.03 Å². The van der Waals surface area contributed by atoms with E-state index < -0.39 is 6.03 Å². The van der Waals surface area contributed by atoms with Crippen LogP contribution in [-0.4, -0.2) is 44.1 Å². The molecular formula is C24H44N5O4Y-. The fraction of sp³-hybridized carbons (Fsp3) is 0.625. The van der Waals surface area contributed by atoms with Crippen LogP contribution in [0.2, 0.25) is 0 Å². The summed E-state index contributed by atoms with van der Waals surface area (Å²) in [7, 11) is 0. The predicted octanol–water partition coefficient (Wildman–Crippen LogP) is 4.13. The Morgan fingerprint density at radius 2 is 1.71 bits per heavy atom. The van der Waals surface area contributed by atoms with Crippen molar-refractivity contribution >= 4 is 24.0 Å². The van der Waals surface area contributed by atoms with Crippen molar-refractivity contribution in [3.63, 3.8) is 0 Å². The number of anilines is 1. The Morgan fingerprint density at radius 3 is 2.18 bits per heavy atom. The van der Waals surface area contributed by atoms with Gasteiger partial charge in [-0.25, -0.2) is 4.79 Å². The molecule has 9 nitrogen and oxygen atoms in total. The second-order valence-corrected chi connectivity index (χ2v) is 7.90. The third-order valence-electron chi connectivity index (χ3n) is 3.83. The third kappa shape index (κ3) is 26.7. The standard InChI is InChI=1S/C12H25N4O3.C9H11NO.C3H8.Y/c1-9(2)7-15-19-8-11(17)16-10(3)5-4-6-14-12(13)18;1-2-8-3-5-9(6-4-8)10-7-11;1-3-2;/h9-10H,4-8H2,1-3H3,(H,16,17)(H3,13,14,18);3-7H,2H2,1H3,(H,10,11);3H2,1-2H3;/q-1;;;. The maximum Gasteiger partial charge on any atom is 0.312 e. The number of nitrogens with two attached hydrogens (primary N) is 1. The molecule has 1 rings (SSSR count). The minimum absolute atomic E-state index is 0. The Morgan fingerprint density at radius 1 is 1.12 bits per heavy atom. The SMILES string of the molecule is CC(C)C[N-]OCC(=O)NC(C)CCCNC(N)=O.CCC.CCc1ccc(NC=O)cc1.[Y]. The number of hydroxylamine groups is 1. The number of nitrogens with zero attached hydrogens (tertiary/aromatic N) is 1. The topological polar surface area (TPSA) is 137 Å². The average molecular weight is 556 g/mol. The first-order valence-corrected chi connectivity index (χ1v) is 11.6. The van der Waals surface area contributed by atoms with E-state index in [9.17, 15) is 14.4 Å². The summed E-state index contributed by atoms with van der Waals surface area (Å²) >= 11 is 0. The van der Waals surface area contributed by atoms with Crippen molar-refractivity contribution < 1.29 is 51.9 Å². The first kappa shape index (κ1) is 37.0. The molecule has 0 bridgehead atoms. The van der Waals surface area contributed by atoms with Gasteiger partial charge in [0.25, 0.3) is 0 Å². The molecule has 34 heavy (non-hydrogen) atoms. The van der Waals surface area contributed by atoms with Gasteiger partial charge in [-0.1, -0.05) is 59.1 Å². The van der Waals surface area contributed by atoms with E-state index in [0.717, 1.165) is 24.9 Å². The fourth-order valence-electron chi connectivity index (χ4n) is 2.22. The van der Waals surface area contributed by atoms with Gasteiger partial charge in [0.1, 0.15) is 6.61 Å². The monoisotopic (exact) mass is 555 g/mol. The van der Waals surface area contributed by atoms with Gasteiger partial charge in [-0.15, -0.1) is 6.54 Å². The van der Waals surface area contributed by atoms with Crippen molar-refractivity contribution in [2.24, 2.45) is 11.7 Å². The molecule has 0 aliphatic carbocycles. The molecule has 0 aliphatic heterocycles. The molecule has 5 N–H and O–H groups in total. The van der Waals surface area contributed by atoms with E-state index in [4.69, 9.17) is 10.6 Å². The molecule has 1 radical (unpaired) electrons. The van der Waals surface area contributed by atoms with Crippen LogP contribution in [-0.2, 0) is 53.6 Å². The van der Waals surface area contributed by atoms with Crippen LogP contribution in [0, 0.1) is 5.92 Å². The largest absolute Gasteiger partial charge is 0.534 e. The summed E-state index contributed by atoms with van der Waals surface area (Å²) in [5, 5.41) is 7.86. The molecule has 0 aliphatic rings. The van der Waals surface area contributed by atoms with E-state index in [1.807, 2.05) is 45.0 Å². The van der Waals surface area contributed by atoms with E-state index in [1.54, 1.807) is 0 Å². The van der Waals surface area contributed by atoms with Crippen molar-refractivity contribution in [1.82, 2.24) is 10.6 Å². The summed E-state index contributed by atoms with van der Waals surface area (Å²) in [4.78, 5) is 36.8. The van der Waals surface area contributed by atoms with E-state index in [1.165, 1.54) is 12.0 Å². The molecule has 1 aromatic rings. The number of aryl methyl sites for hydroxylation is 1. The van der Waals surface area contributed by atoms with Crippen molar-refractivity contribution in [3.05, 3.63) is 35.3 Å². The van der Waals surface area contributed by atoms with Crippen molar-refractivity contribution in [1.29, 1.82) is 0 Å². The average Bonchev–Trinajstić information content (AvgIpc) is 2.76. The minimum Gasteiger partial charge on any atom is -0.534 e. The first-order valence-electron chi connectivity index (χ1n) is 11.6. The summed E-state index contributed by atoms with van der Waals surface area (Å²) in [5.74, 6) is 0.225. The van der Waals surface area contributed by atoms with Crippen molar-refractivity contribution in [2.45, 2.75) is 73.3 Å². The van der Waals surface area contributed by atoms with Crippen LogP contribution in [0.15, 0.2) is 24.3 Å². The van der Waals surface area contributed by atoms with Crippen LogP contribution in [0.25, 0.3) is 5.48 Å². The normalized spacial score (nSPS) is 10.3. The van der Waals surface area contributed by atoms with Gasteiger partial charge in [-0.3, -0.25) is 9.59 Å². The Labute approximate surface area is 230 Å². The molecule has 1 atom stereocenters. The summed E-state index contributed by atoms with van der Waals surface area (Å²) < 4.78 is 0. The number of urea groups is 1. The number of rotatable bonds is 13. The molecule has 1 aromatic carbocycles. The fourth-order valence-corrected chi connectivity index (χ4v) is 2.22. The van der Waals surface area contributed by atoms with Crippen LogP contribution in [0.4, 0.5) is 10.5 Å². The van der Waals surface area contributed by atoms with Crippen LogP contribution in [0.3, 0.4) is 0 Å². The summed E-state index contributed by atoms with van der Waals surface area (Å²) in [6.45, 7) is 13.3. The summed E-state index contributed by atoms with van der Waals surface area (Å²) in [6.07, 6.45) is 4.47. The number of hydrogen-bond acceptors (Lipinski definition) is 4. The Balaban J connectivity index is -0.000000540. The number of primary amides is 1. The van der Waals surface area contributed by atoms with E-state index in [0.29, 0.717) is 25.4 Å². The van der Waals surface area contributed by atoms with E-state index in [-0.39, 0.29) is 51.3 Å². The zero-order chi connectivity index (χ0) is 25.5. The van der Waals surface area contributed by atoms with Gasteiger partial charge < -0.3 is 32.0 Å². The summed E-state index contributed by atoms with van der Waals surface area (Å²) in [5.41, 5.74) is 10.8. The van der Waals surface area contributed by atoms with Crippen molar-refractivity contribution in [3.8, 4) is 0 Å². The summed E-state index contributed by atoms with van der Waals surface area (Å²) in [6, 6.07) is 7.30. The van der Waals surface area contributed by atoms with Crippen LogP contribution in [0.1, 0.15) is 66.4 Å². The second kappa shape index (κ2) is 26.1. The molecule has 0 spiro atoms. The molecule has 4 amide bonds. The molecule has 0 saturated carbocycles. The third-order valence-corrected chi connectivity index (χ3v) is 3.83. The number of carbonyl (C=O) groups is 3.